The predicted octanol–water partition coefficient (Wildman–Crippen LogP) is 2.80. The Morgan fingerprint density at radius 1 is 1.06 bits per heavy atom. The van der Waals surface area contributed by atoms with Gasteiger partial charge >= 0.3 is 0 Å². The summed E-state index contributed by atoms with van der Waals surface area (Å²) in [4.78, 5) is 7.24. The summed E-state index contributed by atoms with van der Waals surface area (Å²) < 4.78 is 12.8. The highest BCUT2D eigenvalue weighted by Crippen LogP contribution is 2.42. The third-order valence-electron chi connectivity index (χ3n) is 6.62. The summed E-state index contributed by atoms with van der Waals surface area (Å²) in [6, 6.07) is 15.1. The number of morpholine rings is 1. The number of hydrogen-bond donors (Lipinski definition) is 0. The van der Waals surface area contributed by atoms with Crippen LogP contribution in [0.4, 0.5) is 11.6 Å². The van der Waals surface area contributed by atoms with Crippen LogP contribution in [0.15, 0.2) is 47.5 Å². The van der Waals surface area contributed by atoms with Gasteiger partial charge in [-0.05, 0) is 70.3 Å². The van der Waals surface area contributed by atoms with Gasteiger partial charge in [-0.3, -0.25) is 0 Å². The Morgan fingerprint density at radius 2 is 1.90 bits per heavy atom. The molecule has 0 amide bonds. The van der Waals surface area contributed by atoms with Crippen molar-refractivity contribution < 1.29 is 9.47 Å². The van der Waals surface area contributed by atoms with Gasteiger partial charge in [-0.2, -0.15) is 0 Å². The molecular weight excluding hydrogens is 392 g/mol. The van der Waals surface area contributed by atoms with Crippen LogP contribution in [0.25, 0.3) is 0 Å². The molecule has 158 valence electrons. The van der Waals surface area contributed by atoms with E-state index in [1.807, 2.05) is 10.7 Å². The molecule has 1 aliphatic carbocycles. The molecule has 2 atom stereocenters. The lowest BCUT2D eigenvalue weighted by molar-refractivity contribution is 0.122. The van der Waals surface area contributed by atoms with Crippen LogP contribution < -0.4 is 9.64 Å². The minimum absolute atomic E-state index is 0.0338. The van der Waals surface area contributed by atoms with Gasteiger partial charge in [-0.1, -0.05) is 17.2 Å². The molecule has 6 rings (SSSR count). The molecule has 1 saturated heterocycles. The molecule has 0 spiro atoms. The molecule has 31 heavy (non-hydrogen) atoms. The van der Waals surface area contributed by atoms with Gasteiger partial charge in [0.15, 0.2) is 0 Å². The maximum Gasteiger partial charge on any atom is 0.269 e. The normalized spacial score (nSPS) is 22.2. The highest BCUT2D eigenvalue weighted by Gasteiger charge is 2.39. The fourth-order valence-electron chi connectivity index (χ4n) is 5.05. The van der Waals surface area contributed by atoms with Crippen molar-refractivity contribution in [2.24, 2.45) is 10.9 Å². The van der Waals surface area contributed by atoms with Crippen molar-refractivity contribution >= 4 is 17.3 Å². The third kappa shape index (κ3) is 3.09. The maximum atomic E-state index is 5.48. The second kappa shape index (κ2) is 7.46. The highest BCUT2D eigenvalue weighted by molar-refractivity contribution is 6.06. The Labute approximate surface area is 180 Å². The van der Waals surface area contributed by atoms with Crippen molar-refractivity contribution in [3.05, 3.63) is 59.2 Å². The van der Waals surface area contributed by atoms with Crippen LogP contribution in [0.3, 0.4) is 0 Å². The number of tetrazole rings is 1. The standard InChI is InChI=1S/C23H24N6O2/c1-30-18-7-9-19-16(14-18)4-8-20-21(19)24-23-25-26-27-29(23)22(20)15-2-5-17(6-3-15)28-10-12-31-13-11-28/h2-3,5-7,9,14,20,22H,4,8,10-13H2,1H3. The zero-order chi connectivity index (χ0) is 20.8. The van der Waals surface area contributed by atoms with E-state index in [0.29, 0.717) is 5.95 Å². The van der Waals surface area contributed by atoms with Gasteiger partial charge in [0, 0.05) is 24.7 Å². The monoisotopic (exact) mass is 416 g/mol. The molecule has 0 bridgehead atoms. The summed E-state index contributed by atoms with van der Waals surface area (Å²) in [7, 11) is 1.70. The van der Waals surface area contributed by atoms with E-state index in [-0.39, 0.29) is 12.0 Å². The summed E-state index contributed by atoms with van der Waals surface area (Å²) in [6.45, 7) is 3.42. The number of rotatable bonds is 3. The van der Waals surface area contributed by atoms with Gasteiger partial charge in [0.25, 0.3) is 5.95 Å². The summed E-state index contributed by atoms with van der Waals surface area (Å²) in [5, 5.41) is 12.4. The summed E-state index contributed by atoms with van der Waals surface area (Å²) >= 11 is 0. The third-order valence-corrected chi connectivity index (χ3v) is 6.62. The Kier molecular flexibility index (Phi) is 4.45. The van der Waals surface area contributed by atoms with Gasteiger partial charge in [0.05, 0.1) is 32.1 Å². The summed E-state index contributed by atoms with van der Waals surface area (Å²) in [5.74, 6) is 1.68. The smallest absolute Gasteiger partial charge is 0.269 e. The van der Waals surface area contributed by atoms with E-state index >= 15 is 0 Å². The first kappa shape index (κ1) is 18.5. The first-order valence-corrected chi connectivity index (χ1v) is 10.8. The van der Waals surface area contributed by atoms with Crippen LogP contribution in [0.1, 0.15) is 29.2 Å². The predicted molar refractivity (Wildman–Crippen MR) is 116 cm³/mol. The molecule has 1 fully saturated rings. The fourth-order valence-corrected chi connectivity index (χ4v) is 5.05. The lowest BCUT2D eigenvalue weighted by atomic mass is 9.75. The van der Waals surface area contributed by atoms with Gasteiger partial charge in [0.1, 0.15) is 5.75 Å². The molecule has 8 heteroatoms. The zero-order valence-corrected chi connectivity index (χ0v) is 17.4. The van der Waals surface area contributed by atoms with E-state index < -0.39 is 0 Å². The van der Waals surface area contributed by atoms with Crippen molar-refractivity contribution in [1.82, 2.24) is 20.2 Å². The maximum absolute atomic E-state index is 5.48. The molecule has 0 saturated carbocycles. The number of fused-ring (bicyclic) bond motifs is 4. The second-order valence-corrected chi connectivity index (χ2v) is 8.22. The van der Waals surface area contributed by atoms with Gasteiger partial charge in [-0.15, -0.1) is 0 Å². The molecule has 3 aliphatic rings. The number of aliphatic imine (C=N–C) groups is 1. The van der Waals surface area contributed by atoms with Gasteiger partial charge in [-0.25, -0.2) is 9.67 Å². The topological polar surface area (TPSA) is 77.7 Å². The number of benzene rings is 2. The molecular formula is C23H24N6O2. The van der Waals surface area contributed by atoms with Crippen LogP contribution in [0, 0.1) is 5.92 Å². The summed E-state index contributed by atoms with van der Waals surface area (Å²) in [5.41, 5.74) is 5.97. The van der Waals surface area contributed by atoms with E-state index in [9.17, 15) is 0 Å². The number of aryl methyl sites for hydroxylation is 1. The van der Waals surface area contributed by atoms with E-state index in [0.717, 1.165) is 50.6 Å². The number of ether oxygens (including phenoxy) is 2. The number of anilines is 1. The molecule has 8 nitrogen and oxygen atoms in total. The summed E-state index contributed by atoms with van der Waals surface area (Å²) in [6.07, 6.45) is 1.98. The van der Waals surface area contributed by atoms with Crippen LogP contribution >= 0.6 is 0 Å². The number of hydrogen-bond acceptors (Lipinski definition) is 7. The minimum Gasteiger partial charge on any atom is -0.497 e. The molecule has 1 aromatic heterocycles. The Hall–Kier alpha value is -3.26. The first-order chi connectivity index (χ1) is 15.3. The first-order valence-electron chi connectivity index (χ1n) is 10.8. The lowest BCUT2D eigenvalue weighted by Gasteiger charge is -2.36. The van der Waals surface area contributed by atoms with Crippen molar-refractivity contribution in [1.29, 1.82) is 0 Å². The zero-order valence-electron chi connectivity index (χ0n) is 17.4. The average Bonchev–Trinajstić information content (AvgIpc) is 3.31. The molecule has 2 aromatic carbocycles. The molecule has 3 heterocycles. The van der Waals surface area contributed by atoms with Crippen LogP contribution in [-0.4, -0.2) is 59.3 Å². The quantitative estimate of drug-likeness (QED) is 0.653. The van der Waals surface area contributed by atoms with Gasteiger partial charge in [0.2, 0.25) is 0 Å². The van der Waals surface area contributed by atoms with Crippen LogP contribution in [0.5, 0.6) is 5.75 Å². The van der Waals surface area contributed by atoms with E-state index in [4.69, 9.17) is 14.5 Å². The van der Waals surface area contributed by atoms with E-state index in [2.05, 4.69) is 56.8 Å². The molecule has 0 N–H and O–H groups in total. The Bertz CT molecular complexity index is 1130. The van der Waals surface area contributed by atoms with Crippen molar-refractivity contribution in [2.75, 3.05) is 38.3 Å². The van der Waals surface area contributed by atoms with Crippen molar-refractivity contribution in [2.45, 2.75) is 18.9 Å². The van der Waals surface area contributed by atoms with Crippen molar-refractivity contribution in [3.63, 3.8) is 0 Å². The highest BCUT2D eigenvalue weighted by atomic mass is 16.5. The van der Waals surface area contributed by atoms with Crippen molar-refractivity contribution in [3.8, 4) is 5.75 Å². The average molecular weight is 416 g/mol. The number of nitrogens with zero attached hydrogens (tertiary/aromatic N) is 6. The SMILES string of the molecule is COc1ccc2c(c1)CCC1C2=Nc2nnnn2C1c1ccc(N2CCOCC2)cc1. The largest absolute Gasteiger partial charge is 0.497 e. The molecule has 2 unspecified atom stereocenters. The Morgan fingerprint density at radius 3 is 2.71 bits per heavy atom. The van der Waals surface area contributed by atoms with Crippen LogP contribution in [0.2, 0.25) is 0 Å². The second-order valence-electron chi connectivity index (χ2n) is 8.22. The van der Waals surface area contributed by atoms with E-state index in [1.54, 1.807) is 7.11 Å². The van der Waals surface area contributed by atoms with Crippen LogP contribution in [-0.2, 0) is 11.2 Å². The number of methoxy groups -OCH3 is 1. The molecule has 3 aromatic rings. The molecule has 2 aliphatic heterocycles. The fraction of sp³-hybridized carbons (Fsp3) is 0.391. The molecule has 0 radical (unpaired) electrons. The minimum atomic E-state index is 0.0338. The number of aromatic nitrogens is 4. The van der Waals surface area contributed by atoms with E-state index in [1.165, 1.54) is 22.4 Å². The lowest BCUT2D eigenvalue weighted by Crippen LogP contribution is -2.36. The van der Waals surface area contributed by atoms with Gasteiger partial charge < -0.3 is 14.4 Å². The Balaban J connectivity index is 1.38.